The van der Waals surface area contributed by atoms with Gasteiger partial charge in [0.05, 0.1) is 18.4 Å². The van der Waals surface area contributed by atoms with Crippen LogP contribution in [-0.4, -0.2) is 28.4 Å². The van der Waals surface area contributed by atoms with Crippen molar-refractivity contribution in [3.63, 3.8) is 0 Å². The molecule has 2 rings (SSSR count). The predicted octanol–water partition coefficient (Wildman–Crippen LogP) is 3.77. The summed E-state index contributed by atoms with van der Waals surface area (Å²) < 4.78 is 0. The Morgan fingerprint density at radius 3 is 2.64 bits per heavy atom. The molecule has 0 spiro atoms. The molecule has 1 heterocycles. The molecule has 0 aromatic carbocycles. The highest BCUT2D eigenvalue weighted by atomic mass is 32.1. The lowest BCUT2D eigenvalue weighted by Crippen LogP contribution is -2.42. The SMILES string of the molecule is CCCCN(Cc1cccs1)C(=O)C1CCCCC1C(=O)O. The van der Waals surface area contributed by atoms with Crippen molar-refractivity contribution in [3.05, 3.63) is 22.4 Å². The van der Waals surface area contributed by atoms with E-state index in [1.54, 1.807) is 11.3 Å². The van der Waals surface area contributed by atoms with Crippen molar-refractivity contribution >= 4 is 23.2 Å². The van der Waals surface area contributed by atoms with Crippen LogP contribution >= 0.6 is 11.3 Å². The number of aliphatic carboxylic acids is 1. The number of unbranched alkanes of at least 4 members (excludes halogenated alkanes) is 1. The van der Waals surface area contributed by atoms with Gasteiger partial charge in [-0.15, -0.1) is 11.3 Å². The Balaban J connectivity index is 2.10. The standard InChI is InChI=1S/C17H25NO3S/c1-2-3-10-18(12-13-7-6-11-22-13)16(19)14-8-4-5-9-15(14)17(20)21/h6-7,11,14-15H,2-5,8-10,12H2,1H3,(H,20,21). The second-order valence-electron chi connectivity index (χ2n) is 6.03. The Bertz CT molecular complexity index is 486. The van der Waals surface area contributed by atoms with Gasteiger partial charge in [-0.3, -0.25) is 9.59 Å². The Hall–Kier alpha value is -1.36. The number of carboxylic acids is 1. The van der Waals surface area contributed by atoms with Crippen LogP contribution in [0.25, 0.3) is 0 Å². The Kier molecular flexibility index (Phi) is 6.43. The third-order valence-corrected chi connectivity index (χ3v) is 5.28. The van der Waals surface area contributed by atoms with Gasteiger partial charge in [0.1, 0.15) is 0 Å². The summed E-state index contributed by atoms with van der Waals surface area (Å²) in [4.78, 5) is 27.4. The second kappa shape index (κ2) is 8.32. The molecule has 4 nitrogen and oxygen atoms in total. The van der Waals surface area contributed by atoms with Gasteiger partial charge in [0, 0.05) is 11.4 Å². The maximum atomic E-state index is 12.9. The number of carboxylic acid groups (broad SMARTS) is 1. The van der Waals surface area contributed by atoms with Crippen molar-refractivity contribution in [2.75, 3.05) is 6.54 Å². The Labute approximate surface area is 136 Å². The number of hydrogen-bond donors (Lipinski definition) is 1. The summed E-state index contributed by atoms with van der Waals surface area (Å²) in [5.41, 5.74) is 0. The molecule has 1 fully saturated rings. The summed E-state index contributed by atoms with van der Waals surface area (Å²) in [5, 5.41) is 11.4. The molecule has 0 aliphatic heterocycles. The van der Waals surface area contributed by atoms with Crippen molar-refractivity contribution in [1.82, 2.24) is 4.90 Å². The van der Waals surface area contributed by atoms with Crippen molar-refractivity contribution < 1.29 is 14.7 Å². The molecule has 2 atom stereocenters. The fourth-order valence-corrected chi connectivity index (χ4v) is 3.88. The van der Waals surface area contributed by atoms with E-state index in [4.69, 9.17) is 0 Å². The Morgan fingerprint density at radius 1 is 1.32 bits per heavy atom. The van der Waals surface area contributed by atoms with Gasteiger partial charge in [0.15, 0.2) is 0 Å². The molecule has 1 amide bonds. The molecule has 1 aromatic rings. The fraction of sp³-hybridized carbons (Fsp3) is 0.647. The summed E-state index contributed by atoms with van der Waals surface area (Å²) >= 11 is 1.65. The number of amides is 1. The average Bonchev–Trinajstić information content (AvgIpc) is 3.03. The normalized spacial score (nSPS) is 21.5. The zero-order chi connectivity index (χ0) is 15.9. The van der Waals surface area contributed by atoms with Crippen LogP contribution in [0.4, 0.5) is 0 Å². The van der Waals surface area contributed by atoms with E-state index in [9.17, 15) is 14.7 Å². The molecule has 2 unspecified atom stereocenters. The lowest BCUT2D eigenvalue weighted by molar-refractivity contribution is -0.152. The molecular weight excluding hydrogens is 298 g/mol. The van der Waals surface area contributed by atoms with Gasteiger partial charge in [-0.05, 0) is 30.7 Å². The molecule has 1 aliphatic carbocycles. The maximum Gasteiger partial charge on any atom is 0.307 e. The second-order valence-corrected chi connectivity index (χ2v) is 7.06. The lowest BCUT2D eigenvalue weighted by Gasteiger charge is -2.32. The first kappa shape index (κ1) is 17.0. The van der Waals surface area contributed by atoms with E-state index in [-0.39, 0.29) is 11.8 Å². The smallest absolute Gasteiger partial charge is 0.307 e. The first-order chi connectivity index (χ1) is 10.6. The van der Waals surface area contributed by atoms with Gasteiger partial charge >= 0.3 is 5.97 Å². The van der Waals surface area contributed by atoms with Crippen LogP contribution in [-0.2, 0) is 16.1 Å². The van der Waals surface area contributed by atoms with Gasteiger partial charge in [0.25, 0.3) is 0 Å². The molecule has 1 saturated carbocycles. The zero-order valence-corrected chi connectivity index (χ0v) is 14.0. The minimum absolute atomic E-state index is 0.0361. The summed E-state index contributed by atoms with van der Waals surface area (Å²) in [6, 6.07) is 4.02. The molecule has 0 saturated heterocycles. The Morgan fingerprint density at radius 2 is 2.05 bits per heavy atom. The summed E-state index contributed by atoms with van der Waals surface area (Å²) in [5.74, 6) is -1.63. The fourth-order valence-electron chi connectivity index (χ4n) is 3.16. The van der Waals surface area contributed by atoms with Gasteiger partial charge < -0.3 is 10.0 Å². The molecule has 122 valence electrons. The van der Waals surface area contributed by atoms with Crippen molar-refractivity contribution in [1.29, 1.82) is 0 Å². The number of carbonyl (C=O) groups excluding carboxylic acids is 1. The minimum atomic E-state index is -0.815. The maximum absolute atomic E-state index is 12.9. The lowest BCUT2D eigenvalue weighted by atomic mass is 9.78. The van der Waals surface area contributed by atoms with E-state index >= 15 is 0 Å². The van der Waals surface area contributed by atoms with Crippen molar-refractivity contribution in [2.24, 2.45) is 11.8 Å². The number of hydrogen-bond acceptors (Lipinski definition) is 3. The minimum Gasteiger partial charge on any atom is -0.481 e. The quantitative estimate of drug-likeness (QED) is 0.831. The van der Waals surface area contributed by atoms with E-state index in [0.717, 1.165) is 37.1 Å². The van der Waals surface area contributed by atoms with Crippen LogP contribution in [0.5, 0.6) is 0 Å². The van der Waals surface area contributed by atoms with Gasteiger partial charge in [0.2, 0.25) is 5.91 Å². The highest BCUT2D eigenvalue weighted by molar-refractivity contribution is 7.09. The van der Waals surface area contributed by atoms with Crippen LogP contribution in [0.15, 0.2) is 17.5 Å². The molecule has 1 N–H and O–H groups in total. The van der Waals surface area contributed by atoms with Gasteiger partial charge in [-0.2, -0.15) is 0 Å². The topological polar surface area (TPSA) is 57.6 Å². The number of rotatable bonds is 7. The molecule has 1 aromatic heterocycles. The largest absolute Gasteiger partial charge is 0.481 e. The zero-order valence-electron chi connectivity index (χ0n) is 13.2. The van der Waals surface area contributed by atoms with E-state index in [2.05, 4.69) is 6.92 Å². The number of carbonyl (C=O) groups is 2. The van der Waals surface area contributed by atoms with Crippen LogP contribution in [0.1, 0.15) is 50.3 Å². The van der Waals surface area contributed by atoms with Gasteiger partial charge in [-0.1, -0.05) is 32.3 Å². The molecule has 0 radical (unpaired) electrons. The number of thiophene rings is 1. The third-order valence-electron chi connectivity index (χ3n) is 4.42. The molecular formula is C17H25NO3S. The van der Waals surface area contributed by atoms with E-state index < -0.39 is 11.9 Å². The third kappa shape index (κ3) is 4.32. The first-order valence-electron chi connectivity index (χ1n) is 8.17. The van der Waals surface area contributed by atoms with E-state index in [1.165, 1.54) is 0 Å². The average molecular weight is 323 g/mol. The molecule has 22 heavy (non-hydrogen) atoms. The van der Waals surface area contributed by atoms with Crippen LogP contribution in [0.2, 0.25) is 0 Å². The predicted molar refractivity (Wildman–Crippen MR) is 87.7 cm³/mol. The molecule has 5 heteroatoms. The summed E-state index contributed by atoms with van der Waals surface area (Å²) in [6.07, 6.45) is 5.21. The number of nitrogens with zero attached hydrogens (tertiary/aromatic N) is 1. The summed E-state index contributed by atoms with van der Waals surface area (Å²) in [7, 11) is 0. The molecule has 0 bridgehead atoms. The van der Waals surface area contributed by atoms with Crippen LogP contribution in [0, 0.1) is 11.8 Å². The van der Waals surface area contributed by atoms with E-state index in [0.29, 0.717) is 19.4 Å². The van der Waals surface area contributed by atoms with Crippen molar-refractivity contribution in [2.45, 2.75) is 52.0 Å². The molecule has 1 aliphatic rings. The van der Waals surface area contributed by atoms with Gasteiger partial charge in [-0.25, -0.2) is 0 Å². The first-order valence-corrected chi connectivity index (χ1v) is 9.05. The highest BCUT2D eigenvalue weighted by Gasteiger charge is 2.37. The van der Waals surface area contributed by atoms with Crippen molar-refractivity contribution in [3.8, 4) is 0 Å². The highest BCUT2D eigenvalue weighted by Crippen LogP contribution is 2.32. The van der Waals surface area contributed by atoms with E-state index in [1.807, 2.05) is 22.4 Å². The van der Waals surface area contributed by atoms with Crippen LogP contribution in [0.3, 0.4) is 0 Å². The monoisotopic (exact) mass is 323 g/mol. The summed E-state index contributed by atoms with van der Waals surface area (Å²) in [6.45, 7) is 3.43. The van der Waals surface area contributed by atoms with Crippen LogP contribution < -0.4 is 0 Å².